The van der Waals surface area contributed by atoms with Gasteiger partial charge in [0.25, 0.3) is 5.91 Å². The van der Waals surface area contributed by atoms with E-state index in [9.17, 15) is 9.90 Å². The minimum Gasteiger partial charge on any atom is -0.371 e. The first-order valence-corrected chi connectivity index (χ1v) is 7.73. The Bertz CT molecular complexity index is 734. The summed E-state index contributed by atoms with van der Waals surface area (Å²) in [4.78, 5) is 14.7. The van der Waals surface area contributed by atoms with Crippen molar-refractivity contribution in [1.82, 2.24) is 5.16 Å². The Hall–Kier alpha value is -2.34. The maximum Gasteiger partial charge on any atom is 0.268 e. The standard InChI is InChI=1S/C17H21N3O3/c1-10(2)8-9-20-13-7-5-4-6-12(13)17(22,16(20)21)14-11(3)19-23-15(14)18/h4-7,10,22H,8-9,18H2,1-3H3/t17-/m1/s1. The largest absolute Gasteiger partial charge is 0.371 e. The molecule has 0 saturated heterocycles. The van der Waals surface area contributed by atoms with Gasteiger partial charge in [0.05, 0.1) is 16.9 Å². The third-order valence-corrected chi connectivity index (χ3v) is 4.32. The summed E-state index contributed by atoms with van der Waals surface area (Å²) in [7, 11) is 0. The summed E-state index contributed by atoms with van der Waals surface area (Å²) in [5.74, 6) is 0.0160. The maximum absolute atomic E-state index is 13.1. The van der Waals surface area contributed by atoms with E-state index >= 15 is 0 Å². The van der Waals surface area contributed by atoms with Crippen LogP contribution in [0, 0.1) is 12.8 Å². The Morgan fingerprint density at radius 2 is 2.09 bits per heavy atom. The lowest BCUT2D eigenvalue weighted by Crippen LogP contribution is -2.42. The molecule has 0 spiro atoms. The molecule has 0 aliphatic carbocycles. The molecule has 2 heterocycles. The van der Waals surface area contributed by atoms with E-state index < -0.39 is 11.5 Å². The average Bonchev–Trinajstić information content (AvgIpc) is 2.95. The molecular weight excluding hydrogens is 294 g/mol. The van der Waals surface area contributed by atoms with E-state index in [0.29, 0.717) is 29.4 Å². The number of rotatable bonds is 4. The second-order valence-electron chi connectivity index (χ2n) is 6.37. The quantitative estimate of drug-likeness (QED) is 0.902. The van der Waals surface area contributed by atoms with Crippen molar-refractivity contribution in [3.63, 3.8) is 0 Å². The molecule has 3 rings (SSSR count). The summed E-state index contributed by atoms with van der Waals surface area (Å²) in [5.41, 5.74) is 5.87. The first-order valence-electron chi connectivity index (χ1n) is 7.73. The van der Waals surface area contributed by atoms with Gasteiger partial charge in [-0.15, -0.1) is 0 Å². The van der Waals surface area contributed by atoms with Gasteiger partial charge < -0.3 is 20.3 Å². The molecular formula is C17H21N3O3. The van der Waals surface area contributed by atoms with E-state index in [1.807, 2.05) is 12.1 Å². The van der Waals surface area contributed by atoms with Crippen molar-refractivity contribution in [2.24, 2.45) is 5.92 Å². The molecule has 6 heteroatoms. The number of carbonyl (C=O) groups is 1. The predicted molar refractivity (Wildman–Crippen MR) is 86.9 cm³/mol. The molecule has 3 N–H and O–H groups in total. The number of nitrogens with zero attached hydrogens (tertiary/aromatic N) is 2. The Balaban J connectivity index is 2.14. The van der Waals surface area contributed by atoms with E-state index in [1.54, 1.807) is 24.0 Å². The van der Waals surface area contributed by atoms with Gasteiger partial charge in [-0.1, -0.05) is 37.2 Å². The zero-order chi connectivity index (χ0) is 16.8. The third-order valence-electron chi connectivity index (χ3n) is 4.32. The molecule has 0 saturated carbocycles. The Morgan fingerprint density at radius 1 is 1.39 bits per heavy atom. The first kappa shape index (κ1) is 15.6. The van der Waals surface area contributed by atoms with Crippen LogP contribution in [-0.2, 0) is 10.4 Å². The van der Waals surface area contributed by atoms with E-state index in [2.05, 4.69) is 19.0 Å². The van der Waals surface area contributed by atoms with Gasteiger partial charge in [-0.25, -0.2) is 0 Å². The lowest BCUT2D eigenvalue weighted by Gasteiger charge is -2.23. The molecule has 2 aromatic rings. The monoisotopic (exact) mass is 315 g/mol. The number of benzene rings is 1. The van der Waals surface area contributed by atoms with Crippen LogP contribution in [0.4, 0.5) is 11.6 Å². The number of carbonyl (C=O) groups excluding carboxylic acids is 1. The fraction of sp³-hybridized carbons (Fsp3) is 0.412. The highest BCUT2D eigenvalue weighted by atomic mass is 16.5. The zero-order valence-electron chi connectivity index (χ0n) is 13.5. The topological polar surface area (TPSA) is 92.6 Å². The van der Waals surface area contributed by atoms with Crippen LogP contribution in [0.15, 0.2) is 28.8 Å². The maximum atomic E-state index is 13.1. The number of nitrogen functional groups attached to an aromatic ring is 1. The first-order chi connectivity index (χ1) is 10.9. The number of aliphatic hydroxyl groups is 1. The van der Waals surface area contributed by atoms with Gasteiger partial charge in [0.1, 0.15) is 0 Å². The van der Waals surface area contributed by atoms with Gasteiger partial charge in [-0.3, -0.25) is 4.79 Å². The highest BCUT2D eigenvalue weighted by Gasteiger charge is 2.53. The fourth-order valence-corrected chi connectivity index (χ4v) is 3.11. The van der Waals surface area contributed by atoms with E-state index in [1.165, 1.54) is 0 Å². The summed E-state index contributed by atoms with van der Waals surface area (Å²) in [6.45, 7) is 6.40. The number of aryl methyl sites for hydroxylation is 1. The zero-order valence-corrected chi connectivity index (χ0v) is 13.5. The highest BCUT2D eigenvalue weighted by molar-refractivity contribution is 6.09. The normalized spacial score (nSPS) is 20.4. The summed E-state index contributed by atoms with van der Waals surface area (Å²) < 4.78 is 4.97. The number of para-hydroxylation sites is 1. The lowest BCUT2D eigenvalue weighted by atomic mass is 9.87. The summed E-state index contributed by atoms with van der Waals surface area (Å²) in [6.07, 6.45) is 0.842. The van der Waals surface area contributed by atoms with Crippen LogP contribution in [-0.4, -0.2) is 22.7 Å². The van der Waals surface area contributed by atoms with Crippen molar-refractivity contribution in [2.45, 2.75) is 32.8 Å². The number of aromatic nitrogens is 1. The van der Waals surface area contributed by atoms with Crippen molar-refractivity contribution < 1.29 is 14.4 Å². The number of fused-ring (bicyclic) bond motifs is 1. The van der Waals surface area contributed by atoms with Crippen molar-refractivity contribution in [2.75, 3.05) is 17.2 Å². The van der Waals surface area contributed by atoms with Crippen molar-refractivity contribution in [3.05, 3.63) is 41.1 Å². The predicted octanol–water partition coefficient (Wildman–Crippen LogP) is 2.19. The van der Waals surface area contributed by atoms with Crippen molar-refractivity contribution >= 4 is 17.5 Å². The molecule has 1 aromatic heterocycles. The minimum atomic E-state index is -1.85. The molecule has 0 fully saturated rings. The minimum absolute atomic E-state index is 0.0288. The van der Waals surface area contributed by atoms with E-state index in [0.717, 1.165) is 6.42 Å². The number of nitrogens with two attached hydrogens (primary N) is 1. The number of hydrogen-bond acceptors (Lipinski definition) is 5. The number of hydrogen-bond donors (Lipinski definition) is 2. The number of amides is 1. The van der Waals surface area contributed by atoms with Crippen LogP contribution in [0.3, 0.4) is 0 Å². The molecule has 1 atom stereocenters. The Morgan fingerprint density at radius 3 is 2.70 bits per heavy atom. The molecule has 122 valence electrons. The van der Waals surface area contributed by atoms with Crippen molar-refractivity contribution in [1.29, 1.82) is 0 Å². The third kappa shape index (κ3) is 2.21. The summed E-state index contributed by atoms with van der Waals surface area (Å²) >= 11 is 0. The Labute approximate surface area is 134 Å². The fourth-order valence-electron chi connectivity index (χ4n) is 3.11. The van der Waals surface area contributed by atoms with Gasteiger partial charge in [-0.05, 0) is 25.3 Å². The molecule has 6 nitrogen and oxygen atoms in total. The van der Waals surface area contributed by atoms with Crippen molar-refractivity contribution in [3.8, 4) is 0 Å². The molecule has 1 aliphatic rings. The lowest BCUT2D eigenvalue weighted by molar-refractivity contribution is -0.132. The Kier molecular flexibility index (Phi) is 3.64. The van der Waals surface area contributed by atoms with E-state index in [-0.39, 0.29) is 11.4 Å². The summed E-state index contributed by atoms with van der Waals surface area (Å²) in [6, 6.07) is 7.23. The van der Waals surface area contributed by atoms with Gasteiger partial charge in [0.2, 0.25) is 11.5 Å². The summed E-state index contributed by atoms with van der Waals surface area (Å²) in [5, 5.41) is 15.1. The molecule has 0 bridgehead atoms. The SMILES string of the molecule is Cc1noc(N)c1[C@@]1(O)C(=O)N(CCC(C)C)c2ccccc21. The second-order valence-corrected chi connectivity index (χ2v) is 6.37. The van der Waals surface area contributed by atoms with Crippen LogP contribution in [0.2, 0.25) is 0 Å². The highest BCUT2D eigenvalue weighted by Crippen LogP contribution is 2.47. The van der Waals surface area contributed by atoms with Crippen LogP contribution < -0.4 is 10.6 Å². The molecule has 23 heavy (non-hydrogen) atoms. The number of anilines is 2. The van der Waals surface area contributed by atoms with Gasteiger partial charge in [-0.2, -0.15) is 0 Å². The second kappa shape index (κ2) is 5.38. The smallest absolute Gasteiger partial charge is 0.268 e. The van der Waals surface area contributed by atoms with Gasteiger partial charge >= 0.3 is 0 Å². The van der Waals surface area contributed by atoms with Gasteiger partial charge in [0.15, 0.2) is 0 Å². The van der Waals surface area contributed by atoms with E-state index in [4.69, 9.17) is 10.3 Å². The molecule has 1 aromatic carbocycles. The molecule has 1 aliphatic heterocycles. The van der Waals surface area contributed by atoms with Crippen LogP contribution in [0.1, 0.15) is 37.1 Å². The van der Waals surface area contributed by atoms with Crippen LogP contribution in [0.25, 0.3) is 0 Å². The molecule has 0 radical (unpaired) electrons. The molecule has 1 amide bonds. The molecule has 0 unspecified atom stereocenters. The van der Waals surface area contributed by atoms with Crippen LogP contribution in [0.5, 0.6) is 0 Å². The van der Waals surface area contributed by atoms with Crippen LogP contribution >= 0.6 is 0 Å². The average molecular weight is 315 g/mol. The van der Waals surface area contributed by atoms with Gasteiger partial charge in [0, 0.05) is 12.1 Å².